The third kappa shape index (κ3) is 1.80. The largest absolute Gasteiger partial charge is 0.308 e. The molecule has 1 atom stereocenters. The number of hydrogen-bond donors (Lipinski definition) is 1. The van der Waals surface area contributed by atoms with E-state index in [-0.39, 0.29) is 0 Å². The minimum absolute atomic E-state index is 0.610. The van der Waals surface area contributed by atoms with Gasteiger partial charge in [0.05, 0.1) is 11.9 Å². The van der Waals surface area contributed by atoms with E-state index in [2.05, 4.69) is 22.3 Å². The summed E-state index contributed by atoms with van der Waals surface area (Å²) >= 11 is 0. The Hall–Kier alpha value is -1.42. The number of aromatic nitrogens is 3. The minimum Gasteiger partial charge on any atom is -0.308 e. The Bertz CT molecular complexity index is 486. The van der Waals surface area contributed by atoms with Crippen LogP contribution in [0.2, 0.25) is 0 Å². The Balaban J connectivity index is 1.75. The molecule has 1 N–H and O–H groups in total. The second-order valence-electron chi connectivity index (χ2n) is 4.54. The fraction of sp³-hybridized carbons (Fsp3) is 0.500. The molecular formula is C12H16N4. The first-order valence-corrected chi connectivity index (χ1v) is 5.85. The Labute approximate surface area is 94.7 Å². The molecule has 1 aliphatic carbocycles. The van der Waals surface area contributed by atoms with Gasteiger partial charge in [-0.3, -0.25) is 0 Å². The van der Waals surface area contributed by atoms with Gasteiger partial charge in [0.15, 0.2) is 5.65 Å². The van der Waals surface area contributed by atoms with Gasteiger partial charge in [-0.2, -0.15) is 5.10 Å². The average molecular weight is 216 g/mol. The normalized spacial score (nSPS) is 17.8. The van der Waals surface area contributed by atoms with Crippen LogP contribution in [0.15, 0.2) is 24.5 Å². The quantitative estimate of drug-likeness (QED) is 0.844. The zero-order chi connectivity index (χ0) is 11.0. The zero-order valence-corrected chi connectivity index (χ0v) is 9.43. The minimum atomic E-state index is 0.610. The second-order valence-corrected chi connectivity index (χ2v) is 4.54. The standard InChI is InChI=1S/C12H16N4/c1-9(10-2-3-10)14-8-11-4-6-13-12-5-7-15-16(11)12/h4-7,9-10,14H,2-3,8H2,1H3. The van der Waals surface area contributed by atoms with Gasteiger partial charge >= 0.3 is 0 Å². The van der Waals surface area contributed by atoms with Crippen molar-refractivity contribution in [1.29, 1.82) is 0 Å². The molecule has 2 aromatic heterocycles. The number of hydrogen-bond acceptors (Lipinski definition) is 3. The van der Waals surface area contributed by atoms with E-state index < -0.39 is 0 Å². The van der Waals surface area contributed by atoms with Crippen LogP contribution >= 0.6 is 0 Å². The summed E-state index contributed by atoms with van der Waals surface area (Å²) in [5, 5.41) is 7.83. The number of nitrogens with one attached hydrogen (secondary N) is 1. The fourth-order valence-electron chi connectivity index (χ4n) is 2.05. The Morgan fingerprint density at radius 1 is 1.44 bits per heavy atom. The van der Waals surface area contributed by atoms with Crippen molar-refractivity contribution in [3.8, 4) is 0 Å². The van der Waals surface area contributed by atoms with E-state index in [1.54, 1.807) is 6.20 Å². The van der Waals surface area contributed by atoms with Gasteiger partial charge < -0.3 is 5.32 Å². The number of fused-ring (bicyclic) bond motifs is 1. The average Bonchev–Trinajstić information content (AvgIpc) is 3.04. The number of nitrogens with zero attached hydrogens (tertiary/aromatic N) is 3. The van der Waals surface area contributed by atoms with Crippen LogP contribution in [0.3, 0.4) is 0 Å². The van der Waals surface area contributed by atoms with Crippen LogP contribution in [0.1, 0.15) is 25.5 Å². The maximum Gasteiger partial charge on any atom is 0.155 e. The molecule has 0 spiro atoms. The molecule has 0 bridgehead atoms. The molecule has 16 heavy (non-hydrogen) atoms. The summed E-state index contributed by atoms with van der Waals surface area (Å²) in [5.74, 6) is 0.884. The van der Waals surface area contributed by atoms with Crippen molar-refractivity contribution in [2.45, 2.75) is 32.4 Å². The topological polar surface area (TPSA) is 42.2 Å². The highest BCUT2D eigenvalue weighted by molar-refractivity contribution is 5.36. The van der Waals surface area contributed by atoms with E-state index >= 15 is 0 Å². The molecular weight excluding hydrogens is 200 g/mol. The Morgan fingerprint density at radius 3 is 3.12 bits per heavy atom. The van der Waals surface area contributed by atoms with E-state index in [1.807, 2.05) is 22.8 Å². The lowest BCUT2D eigenvalue weighted by molar-refractivity contribution is 0.488. The van der Waals surface area contributed by atoms with Crippen molar-refractivity contribution in [3.63, 3.8) is 0 Å². The highest BCUT2D eigenvalue weighted by atomic mass is 15.3. The lowest BCUT2D eigenvalue weighted by Crippen LogP contribution is -2.28. The molecule has 0 radical (unpaired) electrons. The molecule has 2 aromatic rings. The summed E-state index contributed by atoms with van der Waals surface area (Å²) in [5.41, 5.74) is 2.08. The molecule has 3 rings (SSSR count). The van der Waals surface area contributed by atoms with Crippen LogP contribution < -0.4 is 5.32 Å². The molecule has 1 fully saturated rings. The first-order chi connectivity index (χ1) is 7.84. The summed E-state index contributed by atoms with van der Waals surface area (Å²) in [7, 11) is 0. The van der Waals surface area contributed by atoms with Crippen LogP contribution in [0.5, 0.6) is 0 Å². The highest BCUT2D eigenvalue weighted by Gasteiger charge is 2.27. The van der Waals surface area contributed by atoms with Crippen LogP contribution in [-0.2, 0) is 6.54 Å². The maximum absolute atomic E-state index is 4.27. The van der Waals surface area contributed by atoms with Gasteiger partial charge in [0, 0.05) is 24.8 Å². The van der Waals surface area contributed by atoms with Crippen LogP contribution in [0, 0.1) is 5.92 Å². The number of rotatable bonds is 4. The molecule has 2 heterocycles. The SMILES string of the molecule is CC(NCc1ccnc2ccnn12)C1CC1. The van der Waals surface area contributed by atoms with Gasteiger partial charge in [-0.25, -0.2) is 9.50 Å². The van der Waals surface area contributed by atoms with Gasteiger partial charge in [-0.1, -0.05) is 0 Å². The predicted octanol–water partition coefficient (Wildman–Crippen LogP) is 1.62. The van der Waals surface area contributed by atoms with Crippen molar-refractivity contribution < 1.29 is 0 Å². The van der Waals surface area contributed by atoms with Crippen LogP contribution in [-0.4, -0.2) is 20.6 Å². The van der Waals surface area contributed by atoms with Crippen molar-refractivity contribution in [3.05, 3.63) is 30.2 Å². The molecule has 1 unspecified atom stereocenters. The van der Waals surface area contributed by atoms with Crippen LogP contribution in [0.4, 0.5) is 0 Å². The van der Waals surface area contributed by atoms with Crippen molar-refractivity contribution in [2.24, 2.45) is 5.92 Å². The Kier molecular flexibility index (Phi) is 2.36. The second kappa shape index (κ2) is 3.87. The lowest BCUT2D eigenvalue weighted by Gasteiger charge is -2.12. The van der Waals surface area contributed by atoms with E-state index in [1.165, 1.54) is 18.5 Å². The summed E-state index contributed by atoms with van der Waals surface area (Å²) in [4.78, 5) is 4.25. The fourth-order valence-corrected chi connectivity index (χ4v) is 2.05. The van der Waals surface area contributed by atoms with E-state index in [0.29, 0.717) is 6.04 Å². The Morgan fingerprint density at radius 2 is 2.31 bits per heavy atom. The smallest absolute Gasteiger partial charge is 0.155 e. The molecule has 0 saturated heterocycles. The summed E-state index contributed by atoms with van der Waals surface area (Å²) in [6.07, 6.45) is 6.38. The predicted molar refractivity (Wildman–Crippen MR) is 62.0 cm³/mol. The summed E-state index contributed by atoms with van der Waals surface area (Å²) in [6, 6.07) is 4.55. The van der Waals surface area contributed by atoms with Crippen molar-refractivity contribution >= 4 is 5.65 Å². The molecule has 4 nitrogen and oxygen atoms in total. The van der Waals surface area contributed by atoms with Gasteiger partial charge in [-0.15, -0.1) is 0 Å². The van der Waals surface area contributed by atoms with Gasteiger partial charge in [0.2, 0.25) is 0 Å². The van der Waals surface area contributed by atoms with Crippen LogP contribution in [0.25, 0.3) is 5.65 Å². The maximum atomic E-state index is 4.27. The molecule has 4 heteroatoms. The molecule has 0 aromatic carbocycles. The molecule has 0 amide bonds. The van der Waals surface area contributed by atoms with Gasteiger partial charge in [0.25, 0.3) is 0 Å². The molecule has 1 saturated carbocycles. The lowest BCUT2D eigenvalue weighted by atomic mass is 10.2. The van der Waals surface area contributed by atoms with Gasteiger partial charge in [0.1, 0.15) is 0 Å². The highest BCUT2D eigenvalue weighted by Crippen LogP contribution is 2.32. The van der Waals surface area contributed by atoms with E-state index in [9.17, 15) is 0 Å². The van der Waals surface area contributed by atoms with Crippen molar-refractivity contribution in [2.75, 3.05) is 0 Å². The van der Waals surface area contributed by atoms with Crippen molar-refractivity contribution in [1.82, 2.24) is 19.9 Å². The molecule has 0 aliphatic heterocycles. The third-order valence-electron chi connectivity index (χ3n) is 3.30. The summed E-state index contributed by atoms with van der Waals surface area (Å²) < 4.78 is 1.90. The molecule has 1 aliphatic rings. The third-order valence-corrected chi connectivity index (χ3v) is 3.30. The summed E-state index contributed by atoms with van der Waals surface area (Å²) in [6.45, 7) is 3.12. The van der Waals surface area contributed by atoms with E-state index in [0.717, 1.165) is 18.1 Å². The van der Waals surface area contributed by atoms with Gasteiger partial charge in [-0.05, 0) is 31.7 Å². The first-order valence-electron chi connectivity index (χ1n) is 5.85. The first kappa shape index (κ1) is 9.78. The monoisotopic (exact) mass is 216 g/mol. The molecule has 84 valence electrons. The van der Waals surface area contributed by atoms with E-state index in [4.69, 9.17) is 0 Å². The zero-order valence-electron chi connectivity index (χ0n) is 9.43.